The SMILES string of the molecule is CC(C)(C)CCCC(O)c1ccc(F)cc1Br. The van der Waals surface area contributed by atoms with Crippen molar-refractivity contribution in [1.82, 2.24) is 0 Å². The maximum absolute atomic E-state index is 12.9. The van der Waals surface area contributed by atoms with Crippen molar-refractivity contribution in [2.24, 2.45) is 5.41 Å². The standard InChI is InChI=1S/C14H20BrFO/c1-14(2,3)8-4-5-13(17)11-7-6-10(16)9-12(11)15/h6-7,9,13,17H,4-5,8H2,1-3H3. The summed E-state index contributed by atoms with van der Waals surface area (Å²) in [7, 11) is 0. The van der Waals surface area contributed by atoms with Crippen LogP contribution in [0.15, 0.2) is 22.7 Å². The molecule has 0 fully saturated rings. The van der Waals surface area contributed by atoms with E-state index < -0.39 is 6.10 Å². The second-order valence-electron chi connectivity index (χ2n) is 5.63. The molecule has 0 saturated carbocycles. The van der Waals surface area contributed by atoms with Gasteiger partial charge >= 0.3 is 0 Å². The normalized spacial score (nSPS) is 13.8. The Morgan fingerprint density at radius 3 is 2.53 bits per heavy atom. The first-order chi connectivity index (χ1) is 7.79. The third-order valence-corrected chi connectivity index (χ3v) is 3.41. The summed E-state index contributed by atoms with van der Waals surface area (Å²) >= 11 is 3.28. The van der Waals surface area contributed by atoms with Gasteiger partial charge in [-0.2, -0.15) is 0 Å². The summed E-state index contributed by atoms with van der Waals surface area (Å²) in [4.78, 5) is 0. The minimum absolute atomic E-state index is 0.289. The van der Waals surface area contributed by atoms with Gasteiger partial charge in [0.2, 0.25) is 0 Å². The van der Waals surface area contributed by atoms with E-state index in [-0.39, 0.29) is 5.82 Å². The van der Waals surface area contributed by atoms with Gasteiger partial charge in [-0.1, -0.05) is 49.2 Å². The smallest absolute Gasteiger partial charge is 0.124 e. The first kappa shape index (κ1) is 14.7. The molecule has 0 bridgehead atoms. The van der Waals surface area contributed by atoms with Crippen LogP contribution >= 0.6 is 15.9 Å². The maximum Gasteiger partial charge on any atom is 0.124 e. The van der Waals surface area contributed by atoms with E-state index in [9.17, 15) is 9.50 Å². The van der Waals surface area contributed by atoms with Gasteiger partial charge in [-0.15, -0.1) is 0 Å². The molecular formula is C14H20BrFO. The Hall–Kier alpha value is -0.410. The van der Waals surface area contributed by atoms with E-state index in [1.165, 1.54) is 12.1 Å². The zero-order chi connectivity index (χ0) is 13.1. The number of benzene rings is 1. The van der Waals surface area contributed by atoms with E-state index in [0.717, 1.165) is 18.4 Å². The van der Waals surface area contributed by atoms with Crippen molar-refractivity contribution in [1.29, 1.82) is 0 Å². The highest BCUT2D eigenvalue weighted by Gasteiger charge is 2.14. The first-order valence-electron chi connectivity index (χ1n) is 5.92. The van der Waals surface area contributed by atoms with Crippen LogP contribution in [0.3, 0.4) is 0 Å². The Bertz CT molecular complexity index is 371. The molecule has 0 aliphatic rings. The van der Waals surface area contributed by atoms with Crippen molar-refractivity contribution in [3.8, 4) is 0 Å². The molecule has 17 heavy (non-hydrogen) atoms. The van der Waals surface area contributed by atoms with Crippen molar-refractivity contribution < 1.29 is 9.50 Å². The molecule has 1 aromatic carbocycles. The van der Waals surface area contributed by atoms with E-state index in [1.807, 2.05) is 0 Å². The van der Waals surface area contributed by atoms with Crippen molar-refractivity contribution in [2.45, 2.75) is 46.1 Å². The molecule has 0 heterocycles. The fourth-order valence-electron chi connectivity index (χ4n) is 1.75. The summed E-state index contributed by atoms with van der Waals surface area (Å²) in [5.41, 5.74) is 1.06. The Morgan fingerprint density at radius 1 is 1.35 bits per heavy atom. The second-order valence-corrected chi connectivity index (χ2v) is 6.49. The van der Waals surface area contributed by atoms with E-state index in [4.69, 9.17) is 0 Å². The summed E-state index contributed by atoms with van der Waals surface area (Å²) in [6.07, 6.45) is 2.23. The molecular weight excluding hydrogens is 283 g/mol. The van der Waals surface area contributed by atoms with Crippen LogP contribution < -0.4 is 0 Å². The summed E-state index contributed by atoms with van der Waals surface area (Å²) in [6.45, 7) is 6.56. The quantitative estimate of drug-likeness (QED) is 0.844. The van der Waals surface area contributed by atoms with Gasteiger partial charge in [0, 0.05) is 4.47 Å². The predicted molar refractivity (Wildman–Crippen MR) is 72.4 cm³/mol. The molecule has 1 aromatic rings. The predicted octanol–water partition coefficient (Wildman–Crippen LogP) is 4.84. The lowest BCUT2D eigenvalue weighted by molar-refractivity contribution is 0.157. The van der Waals surface area contributed by atoms with Gasteiger partial charge in [0.15, 0.2) is 0 Å². The summed E-state index contributed by atoms with van der Waals surface area (Å²) < 4.78 is 13.5. The lowest BCUT2D eigenvalue weighted by Crippen LogP contribution is -2.06. The summed E-state index contributed by atoms with van der Waals surface area (Å²) in [5.74, 6) is -0.289. The van der Waals surface area contributed by atoms with Gasteiger partial charge in [-0.3, -0.25) is 0 Å². The van der Waals surface area contributed by atoms with Crippen LogP contribution in [0, 0.1) is 11.2 Å². The number of aliphatic hydroxyl groups is 1. The van der Waals surface area contributed by atoms with Crippen LogP contribution in [0.4, 0.5) is 4.39 Å². The fraction of sp³-hybridized carbons (Fsp3) is 0.571. The molecule has 1 N–H and O–H groups in total. The van der Waals surface area contributed by atoms with Crippen molar-refractivity contribution in [2.75, 3.05) is 0 Å². The number of hydrogen-bond donors (Lipinski definition) is 1. The Balaban J connectivity index is 2.55. The van der Waals surface area contributed by atoms with Crippen LogP contribution in [0.25, 0.3) is 0 Å². The van der Waals surface area contributed by atoms with Gasteiger partial charge in [0.25, 0.3) is 0 Å². The van der Waals surface area contributed by atoms with E-state index in [0.29, 0.717) is 16.3 Å². The highest BCUT2D eigenvalue weighted by molar-refractivity contribution is 9.10. The molecule has 1 nitrogen and oxygen atoms in total. The number of hydrogen-bond acceptors (Lipinski definition) is 1. The van der Waals surface area contributed by atoms with Gasteiger partial charge in [-0.05, 0) is 36.0 Å². The molecule has 0 radical (unpaired) electrons. The Labute approximate surface area is 111 Å². The van der Waals surface area contributed by atoms with Crippen LogP contribution in [-0.4, -0.2) is 5.11 Å². The van der Waals surface area contributed by atoms with Gasteiger partial charge in [0.05, 0.1) is 6.10 Å². The van der Waals surface area contributed by atoms with Crippen LogP contribution in [-0.2, 0) is 0 Å². The largest absolute Gasteiger partial charge is 0.388 e. The number of aliphatic hydroxyl groups excluding tert-OH is 1. The lowest BCUT2D eigenvalue weighted by Gasteiger charge is -2.19. The van der Waals surface area contributed by atoms with Crippen LogP contribution in [0.1, 0.15) is 51.7 Å². The zero-order valence-electron chi connectivity index (χ0n) is 10.6. The highest BCUT2D eigenvalue weighted by atomic mass is 79.9. The van der Waals surface area contributed by atoms with Gasteiger partial charge in [0.1, 0.15) is 5.82 Å². The molecule has 1 atom stereocenters. The fourth-order valence-corrected chi connectivity index (χ4v) is 2.37. The van der Waals surface area contributed by atoms with Crippen molar-refractivity contribution >= 4 is 15.9 Å². The minimum Gasteiger partial charge on any atom is -0.388 e. The molecule has 1 unspecified atom stereocenters. The molecule has 0 saturated heterocycles. The van der Waals surface area contributed by atoms with Crippen LogP contribution in [0.5, 0.6) is 0 Å². The summed E-state index contributed by atoms with van der Waals surface area (Å²) in [5, 5.41) is 10.0. The van der Waals surface area contributed by atoms with Crippen molar-refractivity contribution in [3.05, 3.63) is 34.1 Å². The highest BCUT2D eigenvalue weighted by Crippen LogP contribution is 2.30. The second kappa shape index (κ2) is 5.96. The Kier molecular flexibility index (Phi) is 5.14. The van der Waals surface area contributed by atoms with Crippen LogP contribution in [0.2, 0.25) is 0 Å². The average molecular weight is 303 g/mol. The topological polar surface area (TPSA) is 20.2 Å². The molecule has 0 aliphatic carbocycles. The monoisotopic (exact) mass is 302 g/mol. The van der Waals surface area contributed by atoms with E-state index in [2.05, 4.69) is 36.7 Å². The Morgan fingerprint density at radius 2 is 2.00 bits per heavy atom. The molecule has 1 rings (SSSR count). The minimum atomic E-state index is -0.521. The number of halogens is 2. The third-order valence-electron chi connectivity index (χ3n) is 2.73. The third kappa shape index (κ3) is 5.17. The van der Waals surface area contributed by atoms with E-state index >= 15 is 0 Å². The van der Waals surface area contributed by atoms with E-state index in [1.54, 1.807) is 6.07 Å². The maximum atomic E-state index is 12.9. The molecule has 0 aliphatic heterocycles. The molecule has 3 heteroatoms. The molecule has 96 valence electrons. The zero-order valence-corrected chi connectivity index (χ0v) is 12.2. The molecule has 0 amide bonds. The van der Waals surface area contributed by atoms with Gasteiger partial charge < -0.3 is 5.11 Å². The molecule has 0 spiro atoms. The lowest BCUT2D eigenvalue weighted by atomic mass is 9.88. The van der Waals surface area contributed by atoms with Crippen molar-refractivity contribution in [3.63, 3.8) is 0 Å². The first-order valence-corrected chi connectivity index (χ1v) is 6.72. The number of rotatable bonds is 4. The molecule has 0 aromatic heterocycles. The summed E-state index contributed by atoms with van der Waals surface area (Å²) in [6, 6.07) is 4.41. The van der Waals surface area contributed by atoms with Gasteiger partial charge in [-0.25, -0.2) is 4.39 Å². The average Bonchev–Trinajstić information content (AvgIpc) is 2.15.